The summed E-state index contributed by atoms with van der Waals surface area (Å²) in [5, 5.41) is 6.18. The van der Waals surface area contributed by atoms with Crippen molar-refractivity contribution in [2.24, 2.45) is 11.8 Å². The summed E-state index contributed by atoms with van der Waals surface area (Å²) in [6.07, 6.45) is 7.29. The summed E-state index contributed by atoms with van der Waals surface area (Å²) >= 11 is 0. The molecule has 3 saturated heterocycles. The van der Waals surface area contributed by atoms with Gasteiger partial charge in [0.1, 0.15) is 6.23 Å². The molecular formula is C30H39NO4Si. The maximum absolute atomic E-state index is 7.25. The Morgan fingerprint density at radius 2 is 1.58 bits per heavy atom. The van der Waals surface area contributed by atoms with Gasteiger partial charge in [0.25, 0.3) is 8.32 Å². The molecule has 3 fully saturated rings. The van der Waals surface area contributed by atoms with Gasteiger partial charge in [-0.1, -0.05) is 87.5 Å². The SMILES string of the molecule is CC(C)(C)[Si](OCC[C@]12C=CC3(C[C@H]1[C@@H]1CCN[C@@H]1O2)OCCO3)(c1ccccc1)c1ccccc1. The first kappa shape index (κ1) is 24.5. The highest BCUT2D eigenvalue weighted by Crippen LogP contribution is 2.54. The van der Waals surface area contributed by atoms with Crippen LogP contribution >= 0.6 is 0 Å². The lowest BCUT2D eigenvalue weighted by atomic mass is 9.71. The number of fused-ring (bicyclic) bond motifs is 3. The molecule has 1 aliphatic carbocycles. The van der Waals surface area contributed by atoms with Crippen molar-refractivity contribution in [3.63, 3.8) is 0 Å². The summed E-state index contributed by atoms with van der Waals surface area (Å²) in [4.78, 5) is 0. The molecule has 4 atom stereocenters. The number of rotatable bonds is 6. The standard InChI is InChI=1S/C30H39NO4Si/c1-28(2,3)36(23-10-6-4-7-11-23,24-12-8-5-9-13-24)34-19-17-29-15-16-30(32-20-21-33-30)22-26(29)25-14-18-31-27(25)35-29/h4-13,15-16,25-27,31H,14,17-22H2,1-3H3/t25-,26-,27+,29+/m0/s1. The Hall–Kier alpha value is -1.80. The van der Waals surface area contributed by atoms with Gasteiger partial charge in [-0.2, -0.15) is 0 Å². The molecule has 2 aromatic carbocycles. The van der Waals surface area contributed by atoms with Crippen molar-refractivity contribution in [1.29, 1.82) is 0 Å². The van der Waals surface area contributed by atoms with Crippen molar-refractivity contribution in [2.45, 2.75) is 62.7 Å². The molecule has 3 aliphatic heterocycles. The van der Waals surface area contributed by atoms with E-state index in [-0.39, 0.29) is 16.9 Å². The fourth-order valence-electron chi connectivity index (χ4n) is 7.19. The van der Waals surface area contributed by atoms with Crippen LogP contribution < -0.4 is 15.7 Å². The smallest absolute Gasteiger partial charge is 0.261 e. The third-order valence-electron chi connectivity index (χ3n) is 8.83. The van der Waals surface area contributed by atoms with Crippen LogP contribution in [0.25, 0.3) is 0 Å². The average molecular weight is 506 g/mol. The number of ether oxygens (including phenoxy) is 3. The van der Waals surface area contributed by atoms with E-state index in [0.717, 1.165) is 25.8 Å². The summed E-state index contributed by atoms with van der Waals surface area (Å²) in [6.45, 7) is 9.98. The maximum Gasteiger partial charge on any atom is 0.261 e. The lowest BCUT2D eigenvalue weighted by Crippen LogP contribution is -2.66. The van der Waals surface area contributed by atoms with Crippen molar-refractivity contribution < 1.29 is 18.6 Å². The molecule has 3 heterocycles. The highest BCUT2D eigenvalue weighted by molar-refractivity contribution is 6.99. The number of hydrogen-bond donors (Lipinski definition) is 1. The predicted molar refractivity (Wildman–Crippen MR) is 144 cm³/mol. The molecule has 0 bridgehead atoms. The molecule has 1 spiro atoms. The lowest BCUT2D eigenvalue weighted by Gasteiger charge is -2.45. The topological polar surface area (TPSA) is 49.0 Å². The van der Waals surface area contributed by atoms with Gasteiger partial charge in [0.05, 0.1) is 18.8 Å². The fourth-order valence-corrected chi connectivity index (χ4v) is 11.8. The van der Waals surface area contributed by atoms with Crippen molar-refractivity contribution in [3.8, 4) is 0 Å². The quantitative estimate of drug-likeness (QED) is 0.476. The van der Waals surface area contributed by atoms with Crippen molar-refractivity contribution in [3.05, 3.63) is 72.8 Å². The van der Waals surface area contributed by atoms with E-state index in [1.54, 1.807) is 0 Å². The van der Waals surface area contributed by atoms with E-state index in [4.69, 9.17) is 18.6 Å². The van der Waals surface area contributed by atoms with E-state index in [2.05, 4.69) is 98.9 Å². The predicted octanol–water partition coefficient (Wildman–Crippen LogP) is 3.98. The van der Waals surface area contributed by atoms with E-state index >= 15 is 0 Å². The van der Waals surface area contributed by atoms with Gasteiger partial charge in [-0.3, -0.25) is 5.32 Å². The van der Waals surface area contributed by atoms with Crippen LogP contribution in [0.4, 0.5) is 0 Å². The van der Waals surface area contributed by atoms with Crippen LogP contribution in [0, 0.1) is 11.8 Å². The molecule has 0 radical (unpaired) electrons. The van der Waals surface area contributed by atoms with E-state index in [1.165, 1.54) is 10.4 Å². The van der Waals surface area contributed by atoms with E-state index in [0.29, 0.717) is 31.7 Å². The monoisotopic (exact) mass is 505 g/mol. The molecule has 36 heavy (non-hydrogen) atoms. The van der Waals surface area contributed by atoms with E-state index < -0.39 is 14.1 Å². The summed E-state index contributed by atoms with van der Waals surface area (Å²) in [6, 6.07) is 21.8. The van der Waals surface area contributed by atoms with Crippen molar-refractivity contribution in [1.82, 2.24) is 5.32 Å². The molecule has 2 aromatic rings. The summed E-state index contributed by atoms with van der Waals surface area (Å²) in [7, 11) is -2.59. The first-order valence-corrected chi connectivity index (χ1v) is 15.4. The molecule has 0 aromatic heterocycles. The molecule has 192 valence electrons. The highest BCUT2D eigenvalue weighted by Gasteiger charge is 2.60. The minimum absolute atomic E-state index is 0.0423. The first-order chi connectivity index (χ1) is 17.4. The Bertz CT molecular complexity index is 1040. The van der Waals surface area contributed by atoms with Crippen LogP contribution in [-0.4, -0.2) is 52.3 Å². The molecule has 0 saturated carbocycles. The van der Waals surface area contributed by atoms with Crippen LogP contribution in [0.2, 0.25) is 5.04 Å². The second-order valence-corrected chi connectivity index (χ2v) is 16.1. The molecule has 6 rings (SSSR count). The van der Waals surface area contributed by atoms with E-state index in [9.17, 15) is 0 Å². The molecular weight excluding hydrogens is 466 g/mol. The summed E-state index contributed by atoms with van der Waals surface area (Å²) < 4.78 is 26.3. The Morgan fingerprint density at radius 1 is 0.944 bits per heavy atom. The van der Waals surface area contributed by atoms with Crippen molar-refractivity contribution >= 4 is 18.7 Å². The normalized spacial score (nSPS) is 31.0. The zero-order chi connectivity index (χ0) is 24.9. The second-order valence-electron chi connectivity index (χ2n) is 11.8. The minimum atomic E-state index is -2.59. The Kier molecular flexibility index (Phi) is 6.26. The first-order valence-electron chi connectivity index (χ1n) is 13.5. The van der Waals surface area contributed by atoms with Crippen LogP contribution in [0.3, 0.4) is 0 Å². The maximum atomic E-state index is 7.25. The van der Waals surface area contributed by atoms with Gasteiger partial charge in [0, 0.05) is 31.3 Å². The van der Waals surface area contributed by atoms with Gasteiger partial charge in [-0.25, -0.2) is 0 Å². The van der Waals surface area contributed by atoms with Crippen LogP contribution in [0.5, 0.6) is 0 Å². The molecule has 5 nitrogen and oxygen atoms in total. The van der Waals surface area contributed by atoms with Gasteiger partial charge in [-0.05, 0) is 34.5 Å². The van der Waals surface area contributed by atoms with E-state index in [1.807, 2.05) is 0 Å². The summed E-state index contributed by atoms with van der Waals surface area (Å²) in [5.74, 6) is 0.254. The largest absolute Gasteiger partial charge is 0.407 e. The van der Waals surface area contributed by atoms with Crippen LogP contribution in [0.15, 0.2) is 72.8 Å². The van der Waals surface area contributed by atoms with Gasteiger partial charge in [0.2, 0.25) is 0 Å². The average Bonchev–Trinajstić information content (AvgIpc) is 3.59. The van der Waals surface area contributed by atoms with Crippen molar-refractivity contribution in [2.75, 3.05) is 26.4 Å². The molecule has 0 amide bonds. The van der Waals surface area contributed by atoms with Gasteiger partial charge in [0.15, 0.2) is 5.79 Å². The second kappa shape index (κ2) is 9.19. The Balaban J connectivity index is 1.32. The third kappa shape index (κ3) is 3.94. The zero-order valence-corrected chi connectivity index (χ0v) is 22.7. The van der Waals surface area contributed by atoms with Gasteiger partial charge < -0.3 is 18.6 Å². The van der Waals surface area contributed by atoms with Crippen LogP contribution in [-0.2, 0) is 18.6 Å². The third-order valence-corrected chi connectivity index (χ3v) is 13.9. The van der Waals surface area contributed by atoms with Gasteiger partial charge >= 0.3 is 0 Å². The molecule has 4 aliphatic rings. The van der Waals surface area contributed by atoms with Crippen LogP contribution in [0.1, 0.15) is 40.0 Å². The highest BCUT2D eigenvalue weighted by atomic mass is 28.4. The molecule has 6 heteroatoms. The molecule has 0 unspecified atom stereocenters. The lowest BCUT2D eigenvalue weighted by molar-refractivity contribution is -0.154. The zero-order valence-electron chi connectivity index (χ0n) is 21.7. The minimum Gasteiger partial charge on any atom is -0.407 e. The van der Waals surface area contributed by atoms with Gasteiger partial charge in [-0.15, -0.1) is 0 Å². The number of nitrogens with one attached hydrogen (secondary N) is 1. The number of benzene rings is 2. The Morgan fingerprint density at radius 3 is 2.19 bits per heavy atom. The summed E-state index contributed by atoms with van der Waals surface area (Å²) in [5.41, 5.74) is -0.352. The Labute approximate surface area is 216 Å². The number of hydrogen-bond acceptors (Lipinski definition) is 5. The fraction of sp³-hybridized carbons (Fsp3) is 0.533. The molecule has 1 N–H and O–H groups in total.